The summed E-state index contributed by atoms with van der Waals surface area (Å²) < 4.78 is 0. The molecule has 1 aliphatic rings. The van der Waals surface area contributed by atoms with Crippen molar-refractivity contribution in [3.8, 4) is 0 Å². The second-order valence-electron chi connectivity index (χ2n) is 5.04. The Labute approximate surface area is 98.9 Å². The highest BCUT2D eigenvalue weighted by molar-refractivity contribution is 5.60. The average molecular weight is 218 g/mol. The first kappa shape index (κ1) is 11.5. The van der Waals surface area contributed by atoms with Crippen molar-refractivity contribution in [1.82, 2.24) is 4.90 Å². The van der Waals surface area contributed by atoms with Crippen molar-refractivity contribution >= 4 is 5.69 Å². The first-order chi connectivity index (χ1) is 7.58. The molecule has 1 aromatic carbocycles. The summed E-state index contributed by atoms with van der Waals surface area (Å²) >= 11 is 0. The van der Waals surface area contributed by atoms with Crippen LogP contribution in [-0.2, 0) is 0 Å². The lowest BCUT2D eigenvalue weighted by atomic mass is 10.0. The molecule has 0 bridgehead atoms. The fraction of sp³-hybridized carbons (Fsp3) is 0.571. The first-order valence-electron chi connectivity index (χ1n) is 6.09. The predicted molar refractivity (Wildman–Crippen MR) is 70.4 cm³/mol. The van der Waals surface area contributed by atoms with E-state index in [1.165, 1.54) is 35.5 Å². The number of likely N-dealkylation sites (N-methyl/N-ethyl adjacent to an activating group) is 1. The molecular weight excluding hydrogens is 196 g/mol. The number of hydrogen-bond acceptors (Lipinski definition) is 2. The highest BCUT2D eigenvalue weighted by Gasteiger charge is 2.17. The second kappa shape index (κ2) is 4.46. The second-order valence-corrected chi connectivity index (χ2v) is 5.04. The molecule has 2 nitrogen and oxygen atoms in total. The Morgan fingerprint density at radius 1 is 0.875 bits per heavy atom. The molecule has 0 aliphatic carbocycles. The smallest absolute Gasteiger partial charge is 0.0426 e. The van der Waals surface area contributed by atoms with Gasteiger partial charge in [0.1, 0.15) is 0 Å². The van der Waals surface area contributed by atoms with Crippen molar-refractivity contribution in [1.29, 1.82) is 0 Å². The summed E-state index contributed by atoms with van der Waals surface area (Å²) in [6, 6.07) is 4.58. The lowest BCUT2D eigenvalue weighted by molar-refractivity contribution is 0.312. The minimum atomic E-state index is 1.15. The molecule has 0 aromatic heterocycles. The summed E-state index contributed by atoms with van der Waals surface area (Å²) in [6.07, 6.45) is 0. The summed E-state index contributed by atoms with van der Waals surface area (Å²) in [6.45, 7) is 11.3. The van der Waals surface area contributed by atoms with E-state index in [2.05, 4.69) is 49.8 Å². The van der Waals surface area contributed by atoms with Crippen LogP contribution in [0.15, 0.2) is 12.1 Å². The summed E-state index contributed by atoms with van der Waals surface area (Å²) in [5.74, 6) is 0. The quantitative estimate of drug-likeness (QED) is 0.714. The van der Waals surface area contributed by atoms with Crippen molar-refractivity contribution in [2.45, 2.75) is 20.8 Å². The lowest BCUT2D eigenvalue weighted by Gasteiger charge is -2.36. The molecule has 1 aromatic rings. The minimum Gasteiger partial charge on any atom is -0.369 e. The van der Waals surface area contributed by atoms with Gasteiger partial charge in [-0.25, -0.2) is 0 Å². The normalized spacial score (nSPS) is 17.9. The predicted octanol–water partition coefficient (Wildman–Crippen LogP) is 2.36. The maximum atomic E-state index is 2.53. The average Bonchev–Trinajstić information content (AvgIpc) is 2.19. The number of rotatable bonds is 1. The molecule has 0 spiro atoms. The Bertz CT molecular complexity index is 353. The van der Waals surface area contributed by atoms with E-state index in [9.17, 15) is 0 Å². The third kappa shape index (κ3) is 2.22. The van der Waals surface area contributed by atoms with Gasteiger partial charge in [0.2, 0.25) is 0 Å². The van der Waals surface area contributed by atoms with Crippen molar-refractivity contribution in [3.05, 3.63) is 28.8 Å². The van der Waals surface area contributed by atoms with Gasteiger partial charge < -0.3 is 9.80 Å². The van der Waals surface area contributed by atoms with Crippen molar-refractivity contribution < 1.29 is 0 Å². The van der Waals surface area contributed by atoms with Crippen molar-refractivity contribution in [2.24, 2.45) is 0 Å². The SMILES string of the molecule is Cc1cc(C)c(N2CCN(C)CC2)c(C)c1. The molecule has 0 unspecified atom stereocenters. The van der Waals surface area contributed by atoms with Gasteiger partial charge in [0.25, 0.3) is 0 Å². The van der Waals surface area contributed by atoms with Crippen LogP contribution in [0.1, 0.15) is 16.7 Å². The topological polar surface area (TPSA) is 6.48 Å². The van der Waals surface area contributed by atoms with Gasteiger partial charge in [-0.3, -0.25) is 0 Å². The third-order valence-corrected chi connectivity index (χ3v) is 3.45. The largest absolute Gasteiger partial charge is 0.369 e. The maximum absolute atomic E-state index is 2.53. The number of aryl methyl sites for hydroxylation is 3. The maximum Gasteiger partial charge on any atom is 0.0426 e. The zero-order valence-corrected chi connectivity index (χ0v) is 10.9. The number of anilines is 1. The van der Waals surface area contributed by atoms with Gasteiger partial charge in [-0.05, 0) is 38.9 Å². The molecule has 0 atom stereocenters. The Morgan fingerprint density at radius 3 is 1.88 bits per heavy atom. The van der Waals surface area contributed by atoms with Crippen LogP contribution in [-0.4, -0.2) is 38.1 Å². The molecule has 88 valence electrons. The van der Waals surface area contributed by atoms with Gasteiger partial charge in [-0.2, -0.15) is 0 Å². The molecule has 2 rings (SSSR count). The van der Waals surface area contributed by atoms with Crippen LogP contribution in [0.4, 0.5) is 5.69 Å². The fourth-order valence-corrected chi connectivity index (χ4v) is 2.70. The summed E-state index contributed by atoms with van der Waals surface area (Å²) in [7, 11) is 2.20. The zero-order valence-electron chi connectivity index (χ0n) is 10.9. The van der Waals surface area contributed by atoms with E-state index >= 15 is 0 Å². The number of hydrogen-bond donors (Lipinski definition) is 0. The molecular formula is C14H22N2. The molecule has 0 saturated carbocycles. The van der Waals surface area contributed by atoms with E-state index in [0.717, 1.165) is 13.1 Å². The van der Waals surface area contributed by atoms with Crippen LogP contribution in [0.3, 0.4) is 0 Å². The minimum absolute atomic E-state index is 1.15. The van der Waals surface area contributed by atoms with E-state index in [-0.39, 0.29) is 0 Å². The summed E-state index contributed by atoms with van der Waals surface area (Å²) in [5, 5.41) is 0. The van der Waals surface area contributed by atoms with Crippen LogP contribution in [0, 0.1) is 20.8 Å². The summed E-state index contributed by atoms with van der Waals surface area (Å²) in [4.78, 5) is 4.93. The third-order valence-electron chi connectivity index (χ3n) is 3.45. The van der Waals surface area contributed by atoms with E-state index in [1.807, 2.05) is 0 Å². The van der Waals surface area contributed by atoms with Crippen molar-refractivity contribution in [2.75, 3.05) is 38.1 Å². The standard InChI is InChI=1S/C14H22N2/c1-11-9-12(2)14(13(3)10-11)16-7-5-15(4)6-8-16/h9-10H,5-8H2,1-4H3. The highest BCUT2D eigenvalue weighted by atomic mass is 15.2. The van der Waals surface area contributed by atoms with Crippen LogP contribution in [0.25, 0.3) is 0 Å². The van der Waals surface area contributed by atoms with Gasteiger partial charge in [0, 0.05) is 31.9 Å². The van der Waals surface area contributed by atoms with E-state index in [0.29, 0.717) is 0 Å². The Morgan fingerprint density at radius 2 is 1.38 bits per heavy atom. The van der Waals surface area contributed by atoms with Gasteiger partial charge in [0.15, 0.2) is 0 Å². The van der Waals surface area contributed by atoms with Crippen molar-refractivity contribution in [3.63, 3.8) is 0 Å². The fourth-order valence-electron chi connectivity index (χ4n) is 2.70. The van der Waals surface area contributed by atoms with E-state index in [4.69, 9.17) is 0 Å². The number of nitrogens with zero attached hydrogens (tertiary/aromatic N) is 2. The molecule has 1 heterocycles. The molecule has 16 heavy (non-hydrogen) atoms. The van der Waals surface area contributed by atoms with Crippen LogP contribution in [0.5, 0.6) is 0 Å². The molecule has 2 heteroatoms. The molecule has 1 fully saturated rings. The Hall–Kier alpha value is -1.02. The van der Waals surface area contributed by atoms with Crippen LogP contribution < -0.4 is 4.90 Å². The van der Waals surface area contributed by atoms with E-state index in [1.54, 1.807) is 0 Å². The molecule has 0 radical (unpaired) electrons. The molecule has 0 N–H and O–H groups in total. The van der Waals surface area contributed by atoms with Crippen LogP contribution in [0.2, 0.25) is 0 Å². The molecule has 1 saturated heterocycles. The first-order valence-corrected chi connectivity index (χ1v) is 6.09. The zero-order chi connectivity index (χ0) is 11.7. The van der Waals surface area contributed by atoms with Gasteiger partial charge in [0.05, 0.1) is 0 Å². The van der Waals surface area contributed by atoms with E-state index < -0.39 is 0 Å². The number of piperazine rings is 1. The van der Waals surface area contributed by atoms with Gasteiger partial charge in [-0.1, -0.05) is 17.7 Å². The van der Waals surface area contributed by atoms with Crippen LogP contribution >= 0.6 is 0 Å². The lowest BCUT2D eigenvalue weighted by Crippen LogP contribution is -2.45. The number of benzene rings is 1. The van der Waals surface area contributed by atoms with Gasteiger partial charge >= 0.3 is 0 Å². The molecule has 0 amide bonds. The van der Waals surface area contributed by atoms with Gasteiger partial charge in [-0.15, -0.1) is 0 Å². The molecule has 1 aliphatic heterocycles. The highest BCUT2D eigenvalue weighted by Crippen LogP contribution is 2.26. The summed E-state index contributed by atoms with van der Waals surface area (Å²) in [5.41, 5.74) is 5.66. The Balaban J connectivity index is 2.26. The monoisotopic (exact) mass is 218 g/mol. The Kier molecular flexibility index (Phi) is 3.20.